The molecule has 7 nitrogen and oxygen atoms in total. The van der Waals surface area contributed by atoms with Gasteiger partial charge in [-0.25, -0.2) is 4.98 Å². The zero-order chi connectivity index (χ0) is 27.6. The van der Waals surface area contributed by atoms with Gasteiger partial charge in [0, 0.05) is 16.1 Å². The van der Waals surface area contributed by atoms with Crippen molar-refractivity contribution in [3.63, 3.8) is 0 Å². The lowest BCUT2D eigenvalue weighted by molar-refractivity contribution is -0.161. The topological polar surface area (TPSA) is 87.9 Å². The average Bonchev–Trinajstić information content (AvgIpc) is 3.43. The SMILES string of the molecule is CCOC(=O)C(CCCCCOc1ccc2cc(-c3nc(-c4ccc(Cl)cc4)co3)ccc2c1)C(=O)OCC. The molecule has 204 valence electrons. The van der Waals surface area contributed by atoms with Gasteiger partial charge in [0.05, 0.1) is 19.8 Å². The quantitative estimate of drug-likeness (QED) is 0.0969. The minimum Gasteiger partial charge on any atom is -0.494 e. The summed E-state index contributed by atoms with van der Waals surface area (Å²) < 4.78 is 21.7. The van der Waals surface area contributed by atoms with E-state index in [1.54, 1.807) is 20.1 Å². The second kappa shape index (κ2) is 13.8. The summed E-state index contributed by atoms with van der Waals surface area (Å²) in [7, 11) is 0. The lowest BCUT2D eigenvalue weighted by Gasteiger charge is -2.14. The van der Waals surface area contributed by atoms with Crippen LogP contribution in [0.4, 0.5) is 0 Å². The number of hydrogen-bond donors (Lipinski definition) is 0. The van der Waals surface area contributed by atoms with Crippen LogP contribution in [0.5, 0.6) is 5.75 Å². The predicted molar refractivity (Wildman–Crippen MR) is 151 cm³/mol. The predicted octanol–water partition coefficient (Wildman–Crippen LogP) is 7.50. The van der Waals surface area contributed by atoms with Gasteiger partial charge in [-0.15, -0.1) is 0 Å². The number of carbonyl (C=O) groups is 2. The number of oxazole rings is 1. The molecule has 1 heterocycles. The smallest absolute Gasteiger partial charge is 0.320 e. The molecule has 8 heteroatoms. The van der Waals surface area contributed by atoms with Crippen molar-refractivity contribution in [1.29, 1.82) is 0 Å². The molecule has 0 aliphatic rings. The minimum absolute atomic E-state index is 0.237. The molecule has 0 atom stereocenters. The summed E-state index contributed by atoms with van der Waals surface area (Å²) in [5.74, 6) is -0.563. The van der Waals surface area contributed by atoms with E-state index in [4.69, 9.17) is 30.2 Å². The number of ether oxygens (including phenoxy) is 3. The van der Waals surface area contributed by atoms with Crippen molar-refractivity contribution in [2.45, 2.75) is 39.5 Å². The normalized spacial score (nSPS) is 11.1. The molecule has 0 aliphatic heterocycles. The van der Waals surface area contributed by atoms with Crippen molar-refractivity contribution in [3.05, 3.63) is 71.9 Å². The Morgan fingerprint density at radius 1 is 0.846 bits per heavy atom. The fourth-order valence-electron chi connectivity index (χ4n) is 4.24. The lowest BCUT2D eigenvalue weighted by atomic mass is 10.0. The molecule has 3 aromatic carbocycles. The van der Waals surface area contributed by atoms with Crippen LogP contribution in [-0.4, -0.2) is 36.7 Å². The second-order valence-electron chi connectivity index (χ2n) is 9.02. The highest BCUT2D eigenvalue weighted by Crippen LogP contribution is 2.29. The van der Waals surface area contributed by atoms with Crippen LogP contribution in [0.3, 0.4) is 0 Å². The van der Waals surface area contributed by atoms with Crippen LogP contribution in [0.15, 0.2) is 71.3 Å². The molecule has 1 aromatic heterocycles. The molecule has 0 radical (unpaired) electrons. The van der Waals surface area contributed by atoms with Crippen LogP contribution in [0, 0.1) is 5.92 Å². The van der Waals surface area contributed by atoms with Gasteiger partial charge < -0.3 is 18.6 Å². The standard InChI is InChI=1S/C31H32ClNO6/c1-3-36-30(34)27(31(35)37-4-2)8-6-5-7-17-38-26-16-13-22-18-24(10-9-23(22)19-26)29-33-28(20-39-29)21-11-14-25(32)15-12-21/h9-16,18-20,27H,3-8,17H2,1-2H3. The highest BCUT2D eigenvalue weighted by atomic mass is 35.5. The highest BCUT2D eigenvalue weighted by molar-refractivity contribution is 6.30. The van der Waals surface area contributed by atoms with Crippen molar-refractivity contribution >= 4 is 34.3 Å². The maximum atomic E-state index is 12.1. The summed E-state index contributed by atoms with van der Waals surface area (Å²) in [6.45, 7) is 4.45. The van der Waals surface area contributed by atoms with Crippen molar-refractivity contribution in [2.24, 2.45) is 5.92 Å². The molecule has 0 bridgehead atoms. The summed E-state index contributed by atoms with van der Waals surface area (Å²) in [4.78, 5) is 28.8. The van der Waals surface area contributed by atoms with Gasteiger partial charge in [-0.2, -0.15) is 0 Å². The lowest BCUT2D eigenvalue weighted by Crippen LogP contribution is -2.28. The molecule has 4 rings (SSSR count). The average molecular weight is 550 g/mol. The summed E-state index contributed by atoms with van der Waals surface area (Å²) >= 11 is 5.98. The Labute approximate surface area is 233 Å². The third kappa shape index (κ3) is 7.60. The second-order valence-corrected chi connectivity index (χ2v) is 9.46. The molecule has 39 heavy (non-hydrogen) atoms. The molecule has 0 saturated carbocycles. The van der Waals surface area contributed by atoms with Gasteiger partial charge in [0.2, 0.25) is 5.89 Å². The number of esters is 2. The number of rotatable bonds is 13. The number of aromatic nitrogens is 1. The van der Waals surface area contributed by atoms with Gasteiger partial charge in [0.1, 0.15) is 17.7 Å². The molecule has 0 N–H and O–H groups in total. The van der Waals surface area contributed by atoms with Crippen LogP contribution in [0.1, 0.15) is 39.5 Å². The van der Waals surface area contributed by atoms with Crippen molar-refractivity contribution in [2.75, 3.05) is 19.8 Å². The molecule has 0 aliphatic carbocycles. The third-order valence-corrected chi connectivity index (χ3v) is 6.50. The van der Waals surface area contributed by atoms with E-state index in [0.717, 1.165) is 46.2 Å². The highest BCUT2D eigenvalue weighted by Gasteiger charge is 2.28. The number of benzene rings is 3. The zero-order valence-electron chi connectivity index (χ0n) is 22.2. The Morgan fingerprint density at radius 2 is 1.51 bits per heavy atom. The summed E-state index contributed by atoms with van der Waals surface area (Å²) in [5.41, 5.74) is 2.58. The van der Waals surface area contributed by atoms with E-state index in [1.165, 1.54) is 0 Å². The van der Waals surface area contributed by atoms with Crippen LogP contribution in [0.2, 0.25) is 5.02 Å². The minimum atomic E-state index is -0.864. The number of fused-ring (bicyclic) bond motifs is 1. The van der Waals surface area contributed by atoms with E-state index in [-0.39, 0.29) is 13.2 Å². The Morgan fingerprint density at radius 3 is 2.23 bits per heavy atom. The van der Waals surface area contributed by atoms with Crippen molar-refractivity contribution < 1.29 is 28.2 Å². The van der Waals surface area contributed by atoms with Crippen LogP contribution in [-0.2, 0) is 19.1 Å². The Kier molecular flexibility index (Phi) is 9.97. The summed E-state index contributed by atoms with van der Waals surface area (Å²) in [6, 6.07) is 19.5. The molecule has 0 fully saturated rings. The first kappa shape index (κ1) is 28.2. The fraction of sp³-hybridized carbons (Fsp3) is 0.323. The number of unbranched alkanes of at least 4 members (excludes halogenated alkanes) is 2. The van der Waals surface area contributed by atoms with E-state index >= 15 is 0 Å². The molecule has 0 spiro atoms. The van der Waals surface area contributed by atoms with Crippen LogP contribution in [0.25, 0.3) is 33.5 Å². The number of halogens is 1. The molecular weight excluding hydrogens is 518 g/mol. The largest absolute Gasteiger partial charge is 0.494 e. The van der Waals surface area contributed by atoms with Gasteiger partial charge in [-0.05, 0) is 73.9 Å². The Balaban J connectivity index is 1.28. The van der Waals surface area contributed by atoms with Gasteiger partial charge in [0.25, 0.3) is 0 Å². The fourth-order valence-corrected chi connectivity index (χ4v) is 4.37. The van der Waals surface area contributed by atoms with Crippen molar-refractivity contribution in [3.8, 4) is 28.5 Å². The van der Waals surface area contributed by atoms with E-state index in [1.807, 2.05) is 60.7 Å². The maximum Gasteiger partial charge on any atom is 0.320 e. The first-order chi connectivity index (χ1) is 19.0. The first-order valence-corrected chi connectivity index (χ1v) is 13.6. The summed E-state index contributed by atoms with van der Waals surface area (Å²) in [5, 5.41) is 2.78. The van der Waals surface area contributed by atoms with Crippen LogP contribution >= 0.6 is 11.6 Å². The van der Waals surface area contributed by atoms with Gasteiger partial charge >= 0.3 is 11.9 Å². The number of hydrogen-bond acceptors (Lipinski definition) is 7. The van der Waals surface area contributed by atoms with E-state index in [2.05, 4.69) is 4.98 Å². The van der Waals surface area contributed by atoms with Crippen molar-refractivity contribution in [1.82, 2.24) is 4.98 Å². The summed E-state index contributed by atoms with van der Waals surface area (Å²) in [6.07, 6.45) is 4.37. The molecule has 0 saturated heterocycles. The van der Waals surface area contributed by atoms with E-state index < -0.39 is 17.9 Å². The molecule has 4 aromatic rings. The van der Waals surface area contributed by atoms with Gasteiger partial charge in [-0.1, -0.05) is 48.7 Å². The zero-order valence-corrected chi connectivity index (χ0v) is 22.9. The van der Waals surface area contributed by atoms with Crippen LogP contribution < -0.4 is 4.74 Å². The monoisotopic (exact) mass is 549 g/mol. The Bertz CT molecular complexity index is 1380. The van der Waals surface area contributed by atoms with Gasteiger partial charge in [-0.3, -0.25) is 9.59 Å². The van der Waals surface area contributed by atoms with E-state index in [9.17, 15) is 9.59 Å². The molecule has 0 unspecified atom stereocenters. The van der Waals surface area contributed by atoms with Gasteiger partial charge in [0.15, 0.2) is 5.92 Å². The van der Waals surface area contributed by atoms with E-state index in [0.29, 0.717) is 30.4 Å². The Hall–Kier alpha value is -3.84. The third-order valence-electron chi connectivity index (χ3n) is 6.25. The molecule has 0 amide bonds. The number of nitrogens with zero attached hydrogens (tertiary/aromatic N) is 1. The number of carbonyl (C=O) groups excluding carboxylic acids is 2. The maximum absolute atomic E-state index is 12.1. The first-order valence-electron chi connectivity index (χ1n) is 13.2. The molecular formula is C31H32ClNO6.